The number of hydrogen-bond acceptors (Lipinski definition) is 2. The summed E-state index contributed by atoms with van der Waals surface area (Å²) in [6.07, 6.45) is 3.03. The van der Waals surface area contributed by atoms with Gasteiger partial charge in [-0.25, -0.2) is 4.79 Å². The Morgan fingerprint density at radius 1 is 1.42 bits per heavy atom. The molecule has 1 aromatic carbocycles. The molecule has 3 heteroatoms. The molecule has 0 aliphatic heterocycles. The van der Waals surface area contributed by atoms with Gasteiger partial charge >= 0.3 is 5.97 Å². The van der Waals surface area contributed by atoms with Crippen molar-refractivity contribution in [1.82, 2.24) is 0 Å². The van der Waals surface area contributed by atoms with Gasteiger partial charge < -0.3 is 4.74 Å². The number of carbonyl (C=O) groups is 1. The van der Waals surface area contributed by atoms with Gasteiger partial charge in [0.2, 0.25) is 0 Å². The summed E-state index contributed by atoms with van der Waals surface area (Å²) in [6, 6.07) is 6.01. The van der Waals surface area contributed by atoms with E-state index in [1.807, 2.05) is 12.1 Å². The number of hydrogen-bond donors (Lipinski definition) is 0. The lowest BCUT2D eigenvalue weighted by Gasteiger charge is -2.25. The predicted octanol–water partition coefficient (Wildman–Crippen LogP) is 4.18. The smallest absolute Gasteiger partial charge is 0.334 e. The first-order valence-corrected chi connectivity index (χ1v) is 7.12. The zero-order chi connectivity index (χ0) is 13.6. The lowest BCUT2D eigenvalue weighted by Crippen LogP contribution is -2.16. The molecule has 2 nitrogen and oxygen atoms in total. The number of carbonyl (C=O) groups excluding carboxylic acids is 1. The molecule has 0 aromatic heterocycles. The number of halogens is 1. The average Bonchev–Trinajstić information content (AvgIpc) is 2.71. The first kappa shape index (κ1) is 12.7. The minimum Gasteiger partial charge on any atom is -0.466 e. The van der Waals surface area contributed by atoms with Crippen LogP contribution in [0.25, 0.3) is 5.57 Å². The quantitative estimate of drug-likeness (QED) is 0.719. The lowest BCUT2D eigenvalue weighted by molar-refractivity contribution is -0.136. The highest BCUT2D eigenvalue weighted by atomic mass is 35.5. The standard InChI is InChI=1S/C16H17ClO2/c1-9-11-4-3-5-13(16(18)19-2)15(11)12-7-6-10(17)8-14(9)12/h6-9,11H,3-5H2,1-2H3/t9-,11-/m0/s1. The van der Waals surface area contributed by atoms with Gasteiger partial charge in [-0.15, -0.1) is 0 Å². The molecule has 0 saturated heterocycles. The summed E-state index contributed by atoms with van der Waals surface area (Å²) in [6.45, 7) is 2.23. The number of ether oxygens (including phenoxy) is 1. The van der Waals surface area contributed by atoms with Gasteiger partial charge in [0, 0.05) is 10.6 Å². The number of benzene rings is 1. The normalized spacial score (nSPS) is 25.0. The Morgan fingerprint density at radius 2 is 2.21 bits per heavy atom. The molecule has 100 valence electrons. The van der Waals surface area contributed by atoms with E-state index in [1.165, 1.54) is 23.8 Å². The van der Waals surface area contributed by atoms with Crippen molar-refractivity contribution in [3.05, 3.63) is 39.9 Å². The second-order valence-electron chi connectivity index (χ2n) is 5.40. The number of methoxy groups -OCH3 is 1. The number of rotatable bonds is 1. The fourth-order valence-electron chi connectivity index (χ4n) is 3.57. The third-order valence-corrected chi connectivity index (χ3v) is 4.70. The third-order valence-electron chi connectivity index (χ3n) is 4.47. The fourth-order valence-corrected chi connectivity index (χ4v) is 3.75. The first-order chi connectivity index (χ1) is 9.13. The van der Waals surface area contributed by atoms with Gasteiger partial charge in [0.15, 0.2) is 0 Å². The van der Waals surface area contributed by atoms with E-state index < -0.39 is 0 Å². The van der Waals surface area contributed by atoms with Gasteiger partial charge in [0.1, 0.15) is 0 Å². The van der Waals surface area contributed by atoms with Crippen LogP contribution in [-0.2, 0) is 9.53 Å². The molecular formula is C16H17ClO2. The van der Waals surface area contributed by atoms with Crippen LogP contribution >= 0.6 is 11.6 Å². The van der Waals surface area contributed by atoms with Crippen LogP contribution in [0.5, 0.6) is 0 Å². The van der Waals surface area contributed by atoms with E-state index >= 15 is 0 Å². The fraction of sp³-hybridized carbons (Fsp3) is 0.438. The summed E-state index contributed by atoms with van der Waals surface area (Å²) in [7, 11) is 1.46. The van der Waals surface area contributed by atoms with E-state index in [2.05, 4.69) is 13.0 Å². The van der Waals surface area contributed by atoms with Crippen molar-refractivity contribution in [3.8, 4) is 0 Å². The highest BCUT2D eigenvalue weighted by Gasteiger charge is 2.39. The molecule has 0 radical (unpaired) electrons. The summed E-state index contributed by atoms with van der Waals surface area (Å²) in [5, 5.41) is 0.768. The highest BCUT2D eigenvalue weighted by molar-refractivity contribution is 6.30. The predicted molar refractivity (Wildman–Crippen MR) is 76.1 cm³/mol. The highest BCUT2D eigenvalue weighted by Crippen LogP contribution is 2.52. The van der Waals surface area contributed by atoms with Gasteiger partial charge in [-0.05, 0) is 59.9 Å². The van der Waals surface area contributed by atoms with Crippen LogP contribution in [0.2, 0.25) is 5.02 Å². The van der Waals surface area contributed by atoms with Crippen LogP contribution < -0.4 is 0 Å². The molecule has 0 saturated carbocycles. The molecule has 0 unspecified atom stereocenters. The Balaban J connectivity index is 2.21. The Morgan fingerprint density at radius 3 is 2.95 bits per heavy atom. The molecule has 0 amide bonds. The van der Waals surface area contributed by atoms with E-state index in [4.69, 9.17) is 16.3 Å². The van der Waals surface area contributed by atoms with Crippen LogP contribution in [0.1, 0.15) is 43.2 Å². The summed E-state index contributed by atoms with van der Waals surface area (Å²) in [4.78, 5) is 12.0. The average molecular weight is 277 g/mol. The minimum atomic E-state index is -0.172. The molecule has 0 fully saturated rings. The van der Waals surface area contributed by atoms with E-state index in [0.717, 1.165) is 29.9 Å². The monoisotopic (exact) mass is 276 g/mol. The topological polar surface area (TPSA) is 26.3 Å². The summed E-state index contributed by atoms with van der Waals surface area (Å²) in [5.74, 6) is 0.703. The molecule has 2 atom stereocenters. The molecule has 2 aliphatic carbocycles. The van der Waals surface area contributed by atoms with Gasteiger partial charge in [-0.2, -0.15) is 0 Å². The van der Waals surface area contributed by atoms with Crippen molar-refractivity contribution in [2.24, 2.45) is 5.92 Å². The van der Waals surface area contributed by atoms with E-state index in [0.29, 0.717) is 11.8 Å². The van der Waals surface area contributed by atoms with Crippen molar-refractivity contribution in [2.75, 3.05) is 7.11 Å². The second kappa shape index (κ2) is 4.68. The summed E-state index contributed by atoms with van der Waals surface area (Å²) in [5.41, 5.74) is 4.54. The molecule has 0 heterocycles. The van der Waals surface area contributed by atoms with Gasteiger partial charge in [-0.1, -0.05) is 24.6 Å². The maximum Gasteiger partial charge on any atom is 0.334 e. The molecule has 0 N–H and O–H groups in total. The van der Waals surface area contributed by atoms with Crippen LogP contribution in [0.4, 0.5) is 0 Å². The minimum absolute atomic E-state index is 0.172. The first-order valence-electron chi connectivity index (χ1n) is 6.74. The van der Waals surface area contributed by atoms with E-state index in [1.54, 1.807) is 0 Å². The van der Waals surface area contributed by atoms with E-state index in [-0.39, 0.29) is 5.97 Å². The maximum atomic E-state index is 12.0. The SMILES string of the molecule is COC(=O)C1=C2c3ccc(Cl)cc3[C@@H](C)[C@@H]2CCC1. The summed E-state index contributed by atoms with van der Waals surface area (Å²) >= 11 is 6.10. The van der Waals surface area contributed by atoms with Crippen LogP contribution in [0, 0.1) is 5.92 Å². The van der Waals surface area contributed by atoms with Crippen molar-refractivity contribution in [1.29, 1.82) is 0 Å². The third kappa shape index (κ3) is 1.90. The second-order valence-corrected chi connectivity index (χ2v) is 5.84. The molecule has 0 bridgehead atoms. The molecule has 0 spiro atoms. The molecule has 3 rings (SSSR count). The van der Waals surface area contributed by atoms with Gasteiger partial charge in [0.05, 0.1) is 7.11 Å². The maximum absolute atomic E-state index is 12.0. The van der Waals surface area contributed by atoms with Crippen molar-refractivity contribution >= 4 is 23.1 Å². The molecular weight excluding hydrogens is 260 g/mol. The van der Waals surface area contributed by atoms with Crippen LogP contribution in [0.3, 0.4) is 0 Å². The molecule has 2 aliphatic rings. The van der Waals surface area contributed by atoms with Crippen molar-refractivity contribution in [3.63, 3.8) is 0 Å². The Bertz CT molecular complexity index is 574. The van der Waals surface area contributed by atoms with Gasteiger partial charge in [0.25, 0.3) is 0 Å². The Labute approximate surface area is 118 Å². The van der Waals surface area contributed by atoms with Crippen LogP contribution in [0.15, 0.2) is 23.8 Å². The zero-order valence-corrected chi connectivity index (χ0v) is 12.0. The number of allylic oxidation sites excluding steroid dienone is 1. The van der Waals surface area contributed by atoms with E-state index in [9.17, 15) is 4.79 Å². The molecule has 1 aromatic rings. The van der Waals surface area contributed by atoms with Crippen molar-refractivity contribution < 1.29 is 9.53 Å². The van der Waals surface area contributed by atoms with Gasteiger partial charge in [-0.3, -0.25) is 0 Å². The Hall–Kier alpha value is -1.28. The lowest BCUT2D eigenvalue weighted by atomic mass is 9.80. The number of esters is 1. The largest absolute Gasteiger partial charge is 0.466 e. The summed E-state index contributed by atoms with van der Waals surface area (Å²) < 4.78 is 4.95. The Kier molecular flexibility index (Phi) is 3.14. The zero-order valence-electron chi connectivity index (χ0n) is 11.2. The number of fused-ring (bicyclic) bond motifs is 3. The van der Waals surface area contributed by atoms with Crippen molar-refractivity contribution in [2.45, 2.75) is 32.1 Å². The molecule has 19 heavy (non-hydrogen) atoms. The van der Waals surface area contributed by atoms with Crippen LogP contribution in [-0.4, -0.2) is 13.1 Å².